The number of aryl methyl sites for hydroxylation is 1. The van der Waals surface area contributed by atoms with E-state index in [-0.39, 0.29) is 6.04 Å². The molecule has 1 saturated carbocycles. The first-order valence-electron chi connectivity index (χ1n) is 6.15. The highest BCUT2D eigenvalue weighted by Crippen LogP contribution is 2.48. The van der Waals surface area contributed by atoms with Crippen molar-refractivity contribution in [3.05, 3.63) is 35.4 Å². The van der Waals surface area contributed by atoms with Crippen LogP contribution in [0.25, 0.3) is 0 Å². The predicted molar refractivity (Wildman–Crippen MR) is 68.3 cm³/mol. The molecule has 1 aliphatic rings. The van der Waals surface area contributed by atoms with E-state index in [4.69, 9.17) is 5.73 Å². The third-order valence-electron chi connectivity index (χ3n) is 3.94. The fraction of sp³-hybridized carbons (Fsp3) is 0.571. The van der Waals surface area contributed by atoms with Gasteiger partial charge in [0.05, 0.1) is 0 Å². The zero-order chi connectivity index (χ0) is 11.6. The van der Waals surface area contributed by atoms with Crippen LogP contribution in [-0.2, 0) is 0 Å². The van der Waals surface area contributed by atoms with E-state index in [0.717, 1.165) is 6.54 Å². The minimum Gasteiger partial charge on any atom is -0.323 e. The van der Waals surface area contributed by atoms with E-state index in [0.29, 0.717) is 5.41 Å². The number of nitrogens with one attached hydrogen (secondary N) is 1. The van der Waals surface area contributed by atoms with Gasteiger partial charge in [-0.05, 0) is 32.4 Å². The molecule has 1 aliphatic carbocycles. The molecule has 0 heterocycles. The molecule has 0 aromatic heterocycles. The van der Waals surface area contributed by atoms with Gasteiger partial charge in [0.25, 0.3) is 0 Å². The van der Waals surface area contributed by atoms with Crippen molar-refractivity contribution in [1.29, 1.82) is 0 Å². The normalized spacial score (nSPS) is 20.2. The Bertz CT molecular complexity index is 356. The van der Waals surface area contributed by atoms with Crippen molar-refractivity contribution in [2.75, 3.05) is 13.6 Å². The van der Waals surface area contributed by atoms with E-state index in [1.165, 1.54) is 30.4 Å². The molecule has 0 aliphatic heterocycles. The minimum atomic E-state index is 0.175. The molecule has 0 spiro atoms. The Kier molecular flexibility index (Phi) is 3.31. The monoisotopic (exact) mass is 218 g/mol. The van der Waals surface area contributed by atoms with Crippen molar-refractivity contribution in [1.82, 2.24) is 5.32 Å². The van der Waals surface area contributed by atoms with Crippen LogP contribution >= 0.6 is 0 Å². The Labute approximate surface area is 98.2 Å². The topological polar surface area (TPSA) is 38.0 Å². The van der Waals surface area contributed by atoms with Gasteiger partial charge in [0.2, 0.25) is 0 Å². The van der Waals surface area contributed by atoms with Crippen LogP contribution in [0.4, 0.5) is 0 Å². The van der Waals surface area contributed by atoms with Gasteiger partial charge < -0.3 is 11.1 Å². The van der Waals surface area contributed by atoms with E-state index in [2.05, 4.69) is 36.5 Å². The molecule has 2 nitrogen and oxygen atoms in total. The van der Waals surface area contributed by atoms with E-state index in [1.807, 2.05) is 7.05 Å². The summed E-state index contributed by atoms with van der Waals surface area (Å²) in [7, 11) is 2.02. The summed E-state index contributed by atoms with van der Waals surface area (Å²) in [5, 5.41) is 3.30. The molecule has 1 aromatic carbocycles. The molecular weight excluding hydrogens is 196 g/mol. The summed E-state index contributed by atoms with van der Waals surface area (Å²) < 4.78 is 0. The molecule has 0 saturated heterocycles. The Hall–Kier alpha value is -0.860. The van der Waals surface area contributed by atoms with Gasteiger partial charge in [0, 0.05) is 18.0 Å². The van der Waals surface area contributed by atoms with Crippen molar-refractivity contribution >= 4 is 0 Å². The first-order chi connectivity index (χ1) is 7.68. The van der Waals surface area contributed by atoms with Gasteiger partial charge in [-0.1, -0.05) is 36.2 Å². The fourth-order valence-corrected chi connectivity index (χ4v) is 2.80. The molecular formula is C14H22N2. The highest BCUT2D eigenvalue weighted by molar-refractivity contribution is 5.27. The van der Waals surface area contributed by atoms with Crippen molar-refractivity contribution in [2.45, 2.75) is 32.2 Å². The lowest BCUT2D eigenvalue weighted by Gasteiger charge is -2.46. The van der Waals surface area contributed by atoms with Crippen LogP contribution < -0.4 is 11.1 Å². The smallest absolute Gasteiger partial charge is 0.0364 e. The second-order valence-corrected chi connectivity index (χ2v) is 5.14. The van der Waals surface area contributed by atoms with E-state index >= 15 is 0 Å². The van der Waals surface area contributed by atoms with Crippen LogP contribution in [0.1, 0.15) is 36.4 Å². The SMILES string of the molecule is CNCC1(C(N)c2cccc(C)c2)CCC1. The zero-order valence-electron chi connectivity index (χ0n) is 10.3. The Morgan fingerprint density at radius 2 is 2.19 bits per heavy atom. The molecule has 88 valence electrons. The lowest BCUT2D eigenvalue weighted by atomic mass is 9.62. The average Bonchev–Trinajstić information content (AvgIpc) is 2.22. The molecule has 0 bridgehead atoms. The third-order valence-corrected chi connectivity index (χ3v) is 3.94. The number of hydrogen-bond acceptors (Lipinski definition) is 2. The summed E-state index contributed by atoms with van der Waals surface area (Å²) in [6.07, 6.45) is 3.83. The molecule has 0 amide bonds. The molecule has 1 atom stereocenters. The fourth-order valence-electron chi connectivity index (χ4n) is 2.80. The second kappa shape index (κ2) is 4.56. The summed E-state index contributed by atoms with van der Waals surface area (Å²) in [4.78, 5) is 0. The third kappa shape index (κ3) is 2.00. The van der Waals surface area contributed by atoms with Crippen molar-refractivity contribution in [2.24, 2.45) is 11.1 Å². The van der Waals surface area contributed by atoms with E-state index in [9.17, 15) is 0 Å². The van der Waals surface area contributed by atoms with Gasteiger partial charge in [-0.25, -0.2) is 0 Å². The first kappa shape index (κ1) is 11.6. The standard InChI is InChI=1S/C14H22N2/c1-11-5-3-6-12(9-11)13(15)14(10-16-2)7-4-8-14/h3,5-6,9,13,16H,4,7-8,10,15H2,1-2H3. The second-order valence-electron chi connectivity index (χ2n) is 5.14. The lowest BCUT2D eigenvalue weighted by Crippen LogP contribution is -2.46. The van der Waals surface area contributed by atoms with Gasteiger partial charge in [-0.15, -0.1) is 0 Å². The largest absolute Gasteiger partial charge is 0.323 e. The molecule has 1 fully saturated rings. The summed E-state index contributed by atoms with van der Waals surface area (Å²) in [6, 6.07) is 8.79. The lowest BCUT2D eigenvalue weighted by molar-refractivity contribution is 0.0947. The molecule has 2 rings (SSSR count). The molecule has 0 radical (unpaired) electrons. The maximum absolute atomic E-state index is 6.45. The number of hydrogen-bond donors (Lipinski definition) is 2. The maximum atomic E-state index is 6.45. The van der Waals surface area contributed by atoms with Crippen molar-refractivity contribution in [3.63, 3.8) is 0 Å². The van der Waals surface area contributed by atoms with Crippen molar-refractivity contribution in [3.8, 4) is 0 Å². The first-order valence-corrected chi connectivity index (χ1v) is 6.15. The number of rotatable bonds is 4. The van der Waals surface area contributed by atoms with Gasteiger partial charge in [0.15, 0.2) is 0 Å². The Morgan fingerprint density at radius 3 is 2.69 bits per heavy atom. The summed E-state index contributed by atoms with van der Waals surface area (Å²) >= 11 is 0. The van der Waals surface area contributed by atoms with Crippen LogP contribution in [0.5, 0.6) is 0 Å². The van der Waals surface area contributed by atoms with Crippen LogP contribution in [0.2, 0.25) is 0 Å². The Morgan fingerprint density at radius 1 is 1.44 bits per heavy atom. The zero-order valence-corrected chi connectivity index (χ0v) is 10.3. The molecule has 3 N–H and O–H groups in total. The molecule has 1 unspecified atom stereocenters. The summed E-state index contributed by atoms with van der Waals surface area (Å²) in [5.41, 5.74) is 9.33. The summed E-state index contributed by atoms with van der Waals surface area (Å²) in [5.74, 6) is 0. The molecule has 16 heavy (non-hydrogen) atoms. The van der Waals surface area contributed by atoms with Crippen LogP contribution in [0.3, 0.4) is 0 Å². The average molecular weight is 218 g/mol. The quantitative estimate of drug-likeness (QED) is 0.814. The molecule has 1 aromatic rings. The highest BCUT2D eigenvalue weighted by atomic mass is 14.9. The van der Waals surface area contributed by atoms with Gasteiger partial charge in [-0.3, -0.25) is 0 Å². The van der Waals surface area contributed by atoms with Crippen LogP contribution in [0.15, 0.2) is 24.3 Å². The summed E-state index contributed by atoms with van der Waals surface area (Å²) in [6.45, 7) is 3.16. The number of benzene rings is 1. The van der Waals surface area contributed by atoms with Crippen LogP contribution in [-0.4, -0.2) is 13.6 Å². The van der Waals surface area contributed by atoms with E-state index in [1.54, 1.807) is 0 Å². The molecule has 2 heteroatoms. The number of nitrogens with two attached hydrogens (primary N) is 1. The van der Waals surface area contributed by atoms with Gasteiger partial charge in [-0.2, -0.15) is 0 Å². The van der Waals surface area contributed by atoms with Crippen molar-refractivity contribution < 1.29 is 0 Å². The minimum absolute atomic E-state index is 0.175. The predicted octanol–water partition coefficient (Wildman–Crippen LogP) is 2.38. The van der Waals surface area contributed by atoms with Gasteiger partial charge >= 0.3 is 0 Å². The highest BCUT2D eigenvalue weighted by Gasteiger charge is 2.42. The Balaban J connectivity index is 2.20. The van der Waals surface area contributed by atoms with E-state index < -0.39 is 0 Å². The van der Waals surface area contributed by atoms with Crippen LogP contribution in [0, 0.1) is 12.3 Å². The maximum Gasteiger partial charge on any atom is 0.0364 e. The van der Waals surface area contributed by atoms with Gasteiger partial charge in [0.1, 0.15) is 0 Å².